The third-order valence-corrected chi connectivity index (χ3v) is 3.99. The van der Waals surface area contributed by atoms with Crippen LogP contribution in [0.5, 0.6) is 0 Å². The molecule has 0 amide bonds. The van der Waals surface area contributed by atoms with E-state index in [1.807, 2.05) is 0 Å². The number of nitrogen functional groups attached to an aromatic ring is 1. The van der Waals surface area contributed by atoms with Crippen molar-refractivity contribution in [3.63, 3.8) is 0 Å². The zero-order valence-electron chi connectivity index (χ0n) is 9.57. The maximum absolute atomic E-state index is 12.0. The van der Waals surface area contributed by atoms with Crippen molar-refractivity contribution < 1.29 is 8.42 Å². The molecule has 0 unspecified atom stereocenters. The zero-order chi connectivity index (χ0) is 13.3. The van der Waals surface area contributed by atoms with Crippen molar-refractivity contribution in [2.75, 3.05) is 12.3 Å². The summed E-state index contributed by atoms with van der Waals surface area (Å²) in [5.41, 5.74) is 10.2. The molecule has 0 fully saturated rings. The molecule has 8 heteroatoms. The molecule has 0 aliphatic rings. The van der Waals surface area contributed by atoms with Crippen LogP contribution in [0.3, 0.4) is 0 Å². The van der Waals surface area contributed by atoms with Crippen LogP contribution in [0.1, 0.15) is 13.8 Å². The van der Waals surface area contributed by atoms with E-state index in [2.05, 4.69) is 9.71 Å². The summed E-state index contributed by atoms with van der Waals surface area (Å²) in [6.45, 7) is 3.48. The van der Waals surface area contributed by atoms with Gasteiger partial charge in [0.25, 0.3) is 0 Å². The predicted molar refractivity (Wildman–Crippen MR) is 67.1 cm³/mol. The Morgan fingerprint density at radius 1 is 1.53 bits per heavy atom. The van der Waals surface area contributed by atoms with Crippen LogP contribution in [-0.2, 0) is 10.0 Å². The third kappa shape index (κ3) is 3.53. The number of sulfonamides is 1. The Kier molecular flexibility index (Phi) is 3.98. The molecule has 0 aliphatic carbocycles. The Hall–Kier alpha value is -0.890. The lowest BCUT2D eigenvalue weighted by Gasteiger charge is -2.24. The highest BCUT2D eigenvalue weighted by molar-refractivity contribution is 7.89. The van der Waals surface area contributed by atoms with Gasteiger partial charge in [0.15, 0.2) is 0 Å². The maximum Gasteiger partial charge on any atom is 0.244 e. The minimum atomic E-state index is -3.79. The van der Waals surface area contributed by atoms with Gasteiger partial charge in [-0.1, -0.05) is 11.6 Å². The van der Waals surface area contributed by atoms with E-state index in [1.165, 1.54) is 12.3 Å². The van der Waals surface area contributed by atoms with Crippen molar-refractivity contribution in [1.82, 2.24) is 9.71 Å². The second kappa shape index (κ2) is 4.77. The number of halogens is 1. The molecule has 6 nitrogen and oxygen atoms in total. The summed E-state index contributed by atoms with van der Waals surface area (Å²) >= 11 is 5.69. The highest BCUT2D eigenvalue weighted by Gasteiger charge is 2.27. The number of hydrogen-bond acceptors (Lipinski definition) is 5. The maximum atomic E-state index is 12.0. The average Bonchev–Trinajstić information content (AvgIpc) is 2.20. The number of rotatable bonds is 4. The molecule has 5 N–H and O–H groups in total. The standard InChI is InChI=1S/C9H15ClN4O2S/c1-9(2,5-11)14-17(15,16)7-3-6(10)4-13-8(7)12/h3-4,14H,5,11H2,1-2H3,(H2,12,13). The van der Waals surface area contributed by atoms with E-state index in [0.29, 0.717) is 0 Å². The molecule has 0 bridgehead atoms. The Bertz CT molecular complexity index is 516. The van der Waals surface area contributed by atoms with Gasteiger partial charge >= 0.3 is 0 Å². The SMILES string of the molecule is CC(C)(CN)NS(=O)(=O)c1cc(Cl)cnc1N. The van der Waals surface area contributed by atoms with Crippen LogP contribution in [0.2, 0.25) is 5.02 Å². The minimum Gasteiger partial charge on any atom is -0.383 e. The van der Waals surface area contributed by atoms with Gasteiger partial charge in [-0.15, -0.1) is 0 Å². The molecule has 1 aromatic heterocycles. The molecule has 0 atom stereocenters. The van der Waals surface area contributed by atoms with Crippen LogP contribution < -0.4 is 16.2 Å². The lowest BCUT2D eigenvalue weighted by atomic mass is 10.1. The Labute approximate surface area is 105 Å². The first-order chi connectivity index (χ1) is 7.68. The van der Waals surface area contributed by atoms with Crippen LogP contribution in [0, 0.1) is 0 Å². The molecule has 0 aromatic carbocycles. The molecular weight excluding hydrogens is 264 g/mol. The number of aromatic nitrogens is 1. The summed E-state index contributed by atoms with van der Waals surface area (Å²) in [7, 11) is -3.79. The molecular formula is C9H15ClN4O2S. The quantitative estimate of drug-likeness (QED) is 0.735. The van der Waals surface area contributed by atoms with Gasteiger partial charge in [-0.3, -0.25) is 0 Å². The molecule has 1 rings (SSSR count). The van der Waals surface area contributed by atoms with Crippen molar-refractivity contribution >= 4 is 27.4 Å². The normalized spacial score (nSPS) is 12.7. The number of nitrogens with zero attached hydrogens (tertiary/aromatic N) is 1. The monoisotopic (exact) mass is 278 g/mol. The number of nitrogens with one attached hydrogen (secondary N) is 1. The van der Waals surface area contributed by atoms with Gasteiger partial charge in [0, 0.05) is 18.3 Å². The van der Waals surface area contributed by atoms with E-state index in [-0.39, 0.29) is 22.3 Å². The Balaban J connectivity index is 3.18. The Morgan fingerprint density at radius 3 is 2.65 bits per heavy atom. The summed E-state index contributed by atoms with van der Waals surface area (Å²) < 4.78 is 26.5. The molecule has 0 saturated heterocycles. The van der Waals surface area contributed by atoms with Crippen LogP contribution in [0.4, 0.5) is 5.82 Å². The van der Waals surface area contributed by atoms with E-state index in [1.54, 1.807) is 13.8 Å². The van der Waals surface area contributed by atoms with Crippen molar-refractivity contribution in [1.29, 1.82) is 0 Å². The summed E-state index contributed by atoms with van der Waals surface area (Å²) in [4.78, 5) is 3.55. The van der Waals surface area contributed by atoms with E-state index < -0.39 is 15.6 Å². The molecule has 96 valence electrons. The van der Waals surface area contributed by atoms with E-state index >= 15 is 0 Å². The van der Waals surface area contributed by atoms with Gasteiger partial charge in [0.2, 0.25) is 10.0 Å². The summed E-state index contributed by atoms with van der Waals surface area (Å²) in [6, 6.07) is 1.25. The van der Waals surface area contributed by atoms with Crippen molar-refractivity contribution in [3.8, 4) is 0 Å². The summed E-state index contributed by atoms with van der Waals surface area (Å²) in [5, 5.41) is 0.199. The van der Waals surface area contributed by atoms with Gasteiger partial charge in [0.05, 0.1) is 5.02 Å². The van der Waals surface area contributed by atoms with Gasteiger partial charge in [0.1, 0.15) is 10.7 Å². The van der Waals surface area contributed by atoms with E-state index in [0.717, 1.165) is 0 Å². The minimum absolute atomic E-state index is 0.102. The van der Waals surface area contributed by atoms with Gasteiger partial charge in [-0.25, -0.2) is 18.1 Å². The van der Waals surface area contributed by atoms with Crippen LogP contribution >= 0.6 is 11.6 Å². The molecule has 1 aromatic rings. The predicted octanol–water partition coefficient (Wildman–Crippen LogP) is 0.333. The third-order valence-electron chi connectivity index (χ3n) is 2.06. The second-order valence-electron chi connectivity index (χ2n) is 4.23. The zero-order valence-corrected chi connectivity index (χ0v) is 11.1. The number of hydrogen-bond donors (Lipinski definition) is 3. The van der Waals surface area contributed by atoms with E-state index in [4.69, 9.17) is 23.1 Å². The molecule has 1 heterocycles. The highest BCUT2D eigenvalue weighted by Crippen LogP contribution is 2.21. The fourth-order valence-corrected chi connectivity index (χ4v) is 2.86. The first-order valence-corrected chi connectivity index (χ1v) is 6.69. The van der Waals surface area contributed by atoms with Gasteiger partial charge < -0.3 is 11.5 Å². The molecule has 17 heavy (non-hydrogen) atoms. The number of nitrogens with two attached hydrogens (primary N) is 2. The van der Waals surface area contributed by atoms with Crippen LogP contribution in [0.25, 0.3) is 0 Å². The number of anilines is 1. The molecule has 0 spiro atoms. The summed E-state index contributed by atoms with van der Waals surface area (Å²) in [6.07, 6.45) is 1.28. The van der Waals surface area contributed by atoms with Crippen LogP contribution in [-0.4, -0.2) is 25.5 Å². The second-order valence-corrected chi connectivity index (χ2v) is 6.32. The highest BCUT2D eigenvalue weighted by atomic mass is 35.5. The fraction of sp³-hybridized carbons (Fsp3) is 0.444. The molecule has 0 radical (unpaired) electrons. The smallest absolute Gasteiger partial charge is 0.244 e. The fourth-order valence-electron chi connectivity index (χ4n) is 1.11. The Morgan fingerprint density at radius 2 is 2.12 bits per heavy atom. The lowest BCUT2D eigenvalue weighted by molar-refractivity contribution is 0.462. The van der Waals surface area contributed by atoms with Crippen molar-refractivity contribution in [2.24, 2.45) is 5.73 Å². The van der Waals surface area contributed by atoms with Crippen LogP contribution in [0.15, 0.2) is 17.2 Å². The average molecular weight is 279 g/mol. The summed E-state index contributed by atoms with van der Waals surface area (Å²) in [5.74, 6) is -0.102. The van der Waals surface area contributed by atoms with Gasteiger partial charge in [-0.05, 0) is 19.9 Å². The molecule has 0 aliphatic heterocycles. The lowest BCUT2D eigenvalue weighted by Crippen LogP contribution is -2.48. The topological polar surface area (TPSA) is 111 Å². The van der Waals surface area contributed by atoms with Crippen molar-refractivity contribution in [3.05, 3.63) is 17.3 Å². The first-order valence-electron chi connectivity index (χ1n) is 4.83. The number of pyridine rings is 1. The van der Waals surface area contributed by atoms with E-state index in [9.17, 15) is 8.42 Å². The molecule has 0 saturated carbocycles. The van der Waals surface area contributed by atoms with Crippen molar-refractivity contribution in [2.45, 2.75) is 24.3 Å². The van der Waals surface area contributed by atoms with Gasteiger partial charge in [-0.2, -0.15) is 0 Å². The largest absolute Gasteiger partial charge is 0.383 e. The first kappa shape index (κ1) is 14.2.